The number of rotatable bonds is 6. The number of nitrogens with two attached hydrogens (primary N) is 1. The first-order valence-electron chi connectivity index (χ1n) is 6.20. The predicted octanol–water partition coefficient (Wildman–Crippen LogP) is 1.42. The van der Waals surface area contributed by atoms with Crippen LogP contribution in [0.25, 0.3) is 0 Å². The standard InChI is InChI=1S/C12H22N2O/c1-8(6-9-2-3-9)14-12(15)7-11(13)10-4-5-10/h8-11H,2-7,13H2,1H3,(H,14,15). The fourth-order valence-electron chi connectivity index (χ4n) is 2.15. The van der Waals surface area contributed by atoms with Crippen molar-refractivity contribution < 1.29 is 4.79 Å². The topological polar surface area (TPSA) is 55.1 Å². The third kappa shape index (κ3) is 3.82. The van der Waals surface area contributed by atoms with E-state index in [0.717, 1.165) is 12.3 Å². The molecule has 2 aliphatic carbocycles. The molecule has 2 rings (SSSR count). The van der Waals surface area contributed by atoms with Crippen molar-refractivity contribution in [3.8, 4) is 0 Å². The van der Waals surface area contributed by atoms with Crippen molar-refractivity contribution in [2.24, 2.45) is 17.6 Å². The maximum Gasteiger partial charge on any atom is 0.221 e. The van der Waals surface area contributed by atoms with Crippen LogP contribution < -0.4 is 11.1 Å². The SMILES string of the molecule is CC(CC1CC1)NC(=O)CC(N)C1CC1. The van der Waals surface area contributed by atoms with Gasteiger partial charge in [-0.2, -0.15) is 0 Å². The van der Waals surface area contributed by atoms with E-state index < -0.39 is 0 Å². The summed E-state index contributed by atoms with van der Waals surface area (Å²) < 4.78 is 0. The van der Waals surface area contributed by atoms with E-state index in [4.69, 9.17) is 5.73 Å². The highest BCUT2D eigenvalue weighted by molar-refractivity contribution is 5.76. The summed E-state index contributed by atoms with van der Waals surface area (Å²) in [7, 11) is 0. The van der Waals surface area contributed by atoms with Gasteiger partial charge in [0.2, 0.25) is 5.91 Å². The van der Waals surface area contributed by atoms with Gasteiger partial charge in [0.05, 0.1) is 0 Å². The van der Waals surface area contributed by atoms with Crippen LogP contribution in [0.5, 0.6) is 0 Å². The Morgan fingerprint density at radius 3 is 2.60 bits per heavy atom. The van der Waals surface area contributed by atoms with Crippen molar-refractivity contribution in [1.82, 2.24) is 5.32 Å². The van der Waals surface area contributed by atoms with Crippen LogP contribution in [0, 0.1) is 11.8 Å². The molecule has 0 aromatic carbocycles. The molecular formula is C12H22N2O. The van der Waals surface area contributed by atoms with Crippen molar-refractivity contribution in [3.05, 3.63) is 0 Å². The number of carbonyl (C=O) groups is 1. The van der Waals surface area contributed by atoms with Gasteiger partial charge < -0.3 is 11.1 Å². The minimum absolute atomic E-state index is 0.0955. The van der Waals surface area contributed by atoms with E-state index in [1.54, 1.807) is 0 Å². The largest absolute Gasteiger partial charge is 0.354 e. The second kappa shape index (κ2) is 4.52. The molecule has 2 unspecified atom stereocenters. The molecule has 3 heteroatoms. The van der Waals surface area contributed by atoms with Crippen LogP contribution in [0.3, 0.4) is 0 Å². The normalized spacial score (nSPS) is 24.7. The zero-order valence-corrected chi connectivity index (χ0v) is 9.54. The van der Waals surface area contributed by atoms with Crippen molar-refractivity contribution in [3.63, 3.8) is 0 Å². The van der Waals surface area contributed by atoms with Crippen molar-refractivity contribution in [1.29, 1.82) is 0 Å². The molecule has 0 aromatic rings. The number of carbonyl (C=O) groups excluding carboxylic acids is 1. The molecule has 0 radical (unpaired) electrons. The molecular weight excluding hydrogens is 188 g/mol. The van der Waals surface area contributed by atoms with Crippen LogP contribution in [0.4, 0.5) is 0 Å². The summed E-state index contributed by atoms with van der Waals surface area (Å²) in [6.07, 6.45) is 6.78. The smallest absolute Gasteiger partial charge is 0.221 e. The first kappa shape index (κ1) is 10.9. The van der Waals surface area contributed by atoms with Crippen LogP contribution in [0.15, 0.2) is 0 Å². The average molecular weight is 210 g/mol. The fourth-order valence-corrected chi connectivity index (χ4v) is 2.15. The van der Waals surface area contributed by atoms with Crippen LogP contribution >= 0.6 is 0 Å². The molecule has 15 heavy (non-hydrogen) atoms. The van der Waals surface area contributed by atoms with Crippen LogP contribution in [-0.2, 0) is 4.79 Å². The summed E-state index contributed by atoms with van der Waals surface area (Å²) in [6, 6.07) is 0.425. The third-order valence-corrected chi connectivity index (χ3v) is 3.44. The molecule has 2 aliphatic rings. The van der Waals surface area contributed by atoms with Crippen molar-refractivity contribution in [2.45, 2.75) is 57.5 Å². The Labute approximate surface area is 91.8 Å². The maximum absolute atomic E-state index is 11.6. The Hall–Kier alpha value is -0.570. The van der Waals surface area contributed by atoms with Gasteiger partial charge in [-0.3, -0.25) is 4.79 Å². The van der Waals surface area contributed by atoms with Crippen LogP contribution in [0.1, 0.15) is 45.4 Å². The molecule has 2 saturated carbocycles. The van der Waals surface area contributed by atoms with E-state index in [9.17, 15) is 4.79 Å². The Morgan fingerprint density at radius 1 is 1.40 bits per heavy atom. The van der Waals surface area contributed by atoms with Gasteiger partial charge in [0.1, 0.15) is 0 Å². The van der Waals surface area contributed by atoms with E-state index >= 15 is 0 Å². The molecule has 2 fully saturated rings. The number of hydrogen-bond donors (Lipinski definition) is 2. The summed E-state index contributed by atoms with van der Waals surface area (Å²) in [4.78, 5) is 11.6. The highest BCUT2D eigenvalue weighted by atomic mass is 16.1. The Morgan fingerprint density at radius 2 is 2.07 bits per heavy atom. The van der Waals surface area contributed by atoms with Gasteiger partial charge in [-0.1, -0.05) is 12.8 Å². The molecule has 0 saturated heterocycles. The Balaban J connectivity index is 1.61. The quantitative estimate of drug-likeness (QED) is 0.696. The van der Waals surface area contributed by atoms with Gasteiger partial charge >= 0.3 is 0 Å². The summed E-state index contributed by atoms with van der Waals surface area (Å²) >= 11 is 0. The summed E-state index contributed by atoms with van der Waals surface area (Å²) in [6.45, 7) is 2.10. The van der Waals surface area contributed by atoms with Gasteiger partial charge in [0, 0.05) is 18.5 Å². The van der Waals surface area contributed by atoms with Crippen molar-refractivity contribution in [2.75, 3.05) is 0 Å². The number of amides is 1. The van der Waals surface area contributed by atoms with Crippen LogP contribution in [-0.4, -0.2) is 18.0 Å². The Bertz CT molecular complexity index is 234. The molecule has 3 N–H and O–H groups in total. The Kier molecular flexibility index (Phi) is 3.29. The number of hydrogen-bond acceptors (Lipinski definition) is 2. The average Bonchev–Trinajstić information content (AvgIpc) is 2.99. The van der Waals surface area contributed by atoms with Gasteiger partial charge in [-0.25, -0.2) is 0 Å². The van der Waals surface area contributed by atoms with E-state index in [1.165, 1.54) is 25.7 Å². The molecule has 2 atom stereocenters. The molecule has 0 bridgehead atoms. The lowest BCUT2D eigenvalue weighted by molar-refractivity contribution is -0.122. The molecule has 0 aliphatic heterocycles. The van der Waals surface area contributed by atoms with Gasteiger partial charge in [0.25, 0.3) is 0 Å². The molecule has 3 nitrogen and oxygen atoms in total. The highest BCUT2D eigenvalue weighted by Gasteiger charge is 2.30. The van der Waals surface area contributed by atoms with E-state index in [0.29, 0.717) is 18.4 Å². The lowest BCUT2D eigenvalue weighted by Crippen LogP contribution is -2.37. The monoisotopic (exact) mass is 210 g/mol. The van der Waals surface area contributed by atoms with Gasteiger partial charge in [-0.15, -0.1) is 0 Å². The predicted molar refractivity (Wildman–Crippen MR) is 60.3 cm³/mol. The lowest BCUT2D eigenvalue weighted by atomic mass is 10.1. The van der Waals surface area contributed by atoms with Crippen LogP contribution in [0.2, 0.25) is 0 Å². The van der Waals surface area contributed by atoms with Gasteiger partial charge in [-0.05, 0) is 38.0 Å². The molecule has 86 valence electrons. The van der Waals surface area contributed by atoms with E-state index in [1.807, 2.05) is 0 Å². The molecule has 0 aromatic heterocycles. The third-order valence-electron chi connectivity index (χ3n) is 3.44. The minimum atomic E-state index is 0.0955. The lowest BCUT2D eigenvalue weighted by Gasteiger charge is -2.15. The maximum atomic E-state index is 11.6. The van der Waals surface area contributed by atoms with Gasteiger partial charge in [0.15, 0.2) is 0 Å². The summed E-state index contributed by atoms with van der Waals surface area (Å²) in [5.74, 6) is 1.63. The molecule has 1 amide bonds. The van der Waals surface area contributed by atoms with Crippen molar-refractivity contribution >= 4 is 5.91 Å². The first-order chi connectivity index (χ1) is 7.15. The highest BCUT2D eigenvalue weighted by Crippen LogP contribution is 2.34. The summed E-state index contributed by atoms with van der Waals surface area (Å²) in [5.41, 5.74) is 5.91. The van der Waals surface area contributed by atoms with E-state index in [2.05, 4.69) is 12.2 Å². The first-order valence-corrected chi connectivity index (χ1v) is 6.20. The van der Waals surface area contributed by atoms with E-state index in [-0.39, 0.29) is 11.9 Å². The zero-order chi connectivity index (χ0) is 10.8. The molecule has 0 spiro atoms. The fraction of sp³-hybridized carbons (Fsp3) is 0.917. The zero-order valence-electron chi connectivity index (χ0n) is 9.54. The second-order valence-electron chi connectivity index (χ2n) is 5.35. The minimum Gasteiger partial charge on any atom is -0.354 e. The number of nitrogens with one attached hydrogen (secondary N) is 1. The molecule has 0 heterocycles. The second-order valence-corrected chi connectivity index (χ2v) is 5.35. The summed E-state index contributed by atoms with van der Waals surface area (Å²) in [5, 5.41) is 3.05.